The Hall–Kier alpha value is -1.56. The fourth-order valence-electron chi connectivity index (χ4n) is 1.81. The SMILES string of the molecule is COC(=O)c1ccc(N2CCCS2(=O)=O)cc1. The van der Waals surface area contributed by atoms with Crippen LogP contribution in [-0.4, -0.2) is 33.8 Å². The third kappa shape index (κ3) is 2.26. The van der Waals surface area contributed by atoms with Crippen LogP contribution in [0.3, 0.4) is 0 Å². The molecule has 1 fully saturated rings. The Kier molecular flexibility index (Phi) is 3.06. The van der Waals surface area contributed by atoms with Gasteiger partial charge in [0.25, 0.3) is 0 Å². The first-order chi connectivity index (χ1) is 8.04. The quantitative estimate of drug-likeness (QED) is 0.740. The Morgan fingerprint density at radius 1 is 1.29 bits per heavy atom. The Morgan fingerprint density at radius 2 is 1.94 bits per heavy atom. The van der Waals surface area contributed by atoms with Crippen molar-refractivity contribution in [1.82, 2.24) is 0 Å². The van der Waals surface area contributed by atoms with Crippen molar-refractivity contribution in [3.05, 3.63) is 29.8 Å². The van der Waals surface area contributed by atoms with E-state index < -0.39 is 16.0 Å². The van der Waals surface area contributed by atoms with Crippen LogP contribution in [0.4, 0.5) is 5.69 Å². The minimum Gasteiger partial charge on any atom is -0.465 e. The van der Waals surface area contributed by atoms with E-state index in [1.165, 1.54) is 11.4 Å². The summed E-state index contributed by atoms with van der Waals surface area (Å²) in [6.07, 6.45) is 0.640. The number of anilines is 1. The number of methoxy groups -OCH3 is 1. The van der Waals surface area contributed by atoms with E-state index in [2.05, 4.69) is 4.74 Å². The molecule has 1 saturated heterocycles. The molecule has 0 bridgehead atoms. The average molecular weight is 255 g/mol. The highest BCUT2D eigenvalue weighted by Crippen LogP contribution is 2.24. The van der Waals surface area contributed by atoms with Gasteiger partial charge >= 0.3 is 5.97 Å². The number of ether oxygens (including phenoxy) is 1. The van der Waals surface area contributed by atoms with Gasteiger partial charge in [0, 0.05) is 6.54 Å². The van der Waals surface area contributed by atoms with Gasteiger partial charge in [0.1, 0.15) is 0 Å². The van der Waals surface area contributed by atoms with Crippen molar-refractivity contribution in [2.24, 2.45) is 0 Å². The van der Waals surface area contributed by atoms with Gasteiger partial charge in [-0.25, -0.2) is 13.2 Å². The van der Waals surface area contributed by atoms with Gasteiger partial charge in [0.2, 0.25) is 10.0 Å². The summed E-state index contributed by atoms with van der Waals surface area (Å²) in [5.74, 6) is -0.244. The standard InChI is InChI=1S/C11H13NO4S/c1-16-11(13)9-3-5-10(6-4-9)12-7-2-8-17(12,14)15/h3-6H,2,7-8H2,1H3. The lowest BCUT2D eigenvalue weighted by atomic mass is 10.2. The molecule has 17 heavy (non-hydrogen) atoms. The number of sulfonamides is 1. The molecule has 1 aromatic rings. The number of nitrogens with zero attached hydrogens (tertiary/aromatic N) is 1. The fraction of sp³-hybridized carbons (Fsp3) is 0.364. The molecule has 0 atom stereocenters. The highest BCUT2D eigenvalue weighted by atomic mass is 32.2. The van der Waals surface area contributed by atoms with Crippen molar-refractivity contribution in [2.45, 2.75) is 6.42 Å². The van der Waals surface area contributed by atoms with Crippen LogP contribution in [0.1, 0.15) is 16.8 Å². The maximum atomic E-state index is 11.7. The molecule has 1 heterocycles. The van der Waals surface area contributed by atoms with Crippen LogP contribution in [0.15, 0.2) is 24.3 Å². The average Bonchev–Trinajstić information content (AvgIpc) is 2.68. The number of benzene rings is 1. The summed E-state index contributed by atoms with van der Waals surface area (Å²) in [7, 11) is -1.85. The van der Waals surface area contributed by atoms with E-state index in [1.54, 1.807) is 24.3 Å². The largest absolute Gasteiger partial charge is 0.465 e. The second-order valence-electron chi connectivity index (χ2n) is 3.78. The zero-order valence-electron chi connectivity index (χ0n) is 9.42. The summed E-state index contributed by atoms with van der Waals surface area (Å²) in [6.45, 7) is 0.500. The lowest BCUT2D eigenvalue weighted by Crippen LogP contribution is -2.25. The molecule has 92 valence electrons. The first kappa shape index (κ1) is 11.9. The van der Waals surface area contributed by atoms with Gasteiger partial charge in [0.15, 0.2) is 0 Å². The first-order valence-electron chi connectivity index (χ1n) is 5.23. The van der Waals surface area contributed by atoms with Crippen LogP contribution in [0.25, 0.3) is 0 Å². The highest BCUT2D eigenvalue weighted by Gasteiger charge is 2.28. The number of carbonyl (C=O) groups excluding carboxylic acids is 1. The summed E-state index contributed by atoms with van der Waals surface area (Å²) in [5, 5.41) is 0. The van der Waals surface area contributed by atoms with Gasteiger partial charge in [-0.05, 0) is 30.7 Å². The lowest BCUT2D eigenvalue weighted by molar-refractivity contribution is 0.0601. The van der Waals surface area contributed by atoms with E-state index in [-0.39, 0.29) is 5.75 Å². The second kappa shape index (κ2) is 4.37. The molecule has 0 unspecified atom stereocenters. The molecule has 0 saturated carbocycles. The van der Waals surface area contributed by atoms with Crippen molar-refractivity contribution in [1.29, 1.82) is 0 Å². The molecule has 1 aliphatic heterocycles. The number of hydrogen-bond acceptors (Lipinski definition) is 4. The summed E-state index contributed by atoms with van der Waals surface area (Å²) in [6, 6.07) is 6.37. The van der Waals surface area contributed by atoms with Crippen molar-refractivity contribution in [3.63, 3.8) is 0 Å². The molecule has 5 nitrogen and oxygen atoms in total. The number of carbonyl (C=O) groups is 1. The van der Waals surface area contributed by atoms with E-state index in [4.69, 9.17) is 0 Å². The van der Waals surface area contributed by atoms with E-state index in [9.17, 15) is 13.2 Å². The van der Waals surface area contributed by atoms with Crippen molar-refractivity contribution in [2.75, 3.05) is 23.7 Å². The number of hydrogen-bond donors (Lipinski definition) is 0. The van der Waals surface area contributed by atoms with E-state index in [0.29, 0.717) is 24.2 Å². The van der Waals surface area contributed by atoms with E-state index in [1.807, 2.05) is 0 Å². The molecule has 0 aromatic heterocycles. The maximum Gasteiger partial charge on any atom is 0.337 e. The van der Waals surface area contributed by atoms with Crippen molar-refractivity contribution >= 4 is 21.7 Å². The van der Waals surface area contributed by atoms with Crippen molar-refractivity contribution in [3.8, 4) is 0 Å². The topological polar surface area (TPSA) is 63.7 Å². The Morgan fingerprint density at radius 3 is 2.41 bits per heavy atom. The van der Waals surface area contributed by atoms with Crippen LogP contribution < -0.4 is 4.31 Å². The summed E-state index contributed by atoms with van der Waals surface area (Å²) >= 11 is 0. The van der Waals surface area contributed by atoms with E-state index in [0.717, 1.165) is 0 Å². The highest BCUT2D eigenvalue weighted by molar-refractivity contribution is 7.93. The maximum absolute atomic E-state index is 11.7. The third-order valence-corrected chi connectivity index (χ3v) is 4.55. The number of esters is 1. The second-order valence-corrected chi connectivity index (χ2v) is 5.79. The third-order valence-electron chi connectivity index (χ3n) is 2.68. The normalized spacial score (nSPS) is 18.1. The van der Waals surface area contributed by atoms with Crippen LogP contribution in [0, 0.1) is 0 Å². The molecular weight excluding hydrogens is 242 g/mol. The Labute approximate surface area is 100 Å². The lowest BCUT2D eigenvalue weighted by Gasteiger charge is -2.16. The zero-order valence-corrected chi connectivity index (χ0v) is 10.2. The molecule has 1 aliphatic rings. The zero-order chi connectivity index (χ0) is 12.5. The molecule has 0 radical (unpaired) electrons. The molecule has 1 aromatic carbocycles. The van der Waals surface area contributed by atoms with Crippen LogP contribution in [0.2, 0.25) is 0 Å². The summed E-state index contributed by atoms with van der Waals surface area (Å²) in [5.41, 5.74) is 1.00. The van der Waals surface area contributed by atoms with Crippen molar-refractivity contribution < 1.29 is 17.9 Å². The van der Waals surface area contributed by atoms with E-state index >= 15 is 0 Å². The monoisotopic (exact) mass is 255 g/mol. The van der Waals surface area contributed by atoms with Gasteiger partial charge in [-0.2, -0.15) is 0 Å². The van der Waals surface area contributed by atoms with Gasteiger partial charge in [-0.15, -0.1) is 0 Å². The molecule has 6 heteroatoms. The molecule has 0 N–H and O–H groups in total. The molecule has 2 rings (SSSR count). The summed E-state index contributed by atoms with van der Waals surface area (Å²) in [4.78, 5) is 11.2. The minimum atomic E-state index is -3.16. The summed E-state index contributed by atoms with van der Waals surface area (Å²) < 4.78 is 29.3. The predicted molar refractivity (Wildman–Crippen MR) is 63.5 cm³/mol. The Balaban J connectivity index is 2.27. The minimum absolute atomic E-state index is 0.186. The molecule has 0 spiro atoms. The smallest absolute Gasteiger partial charge is 0.337 e. The van der Waals surface area contributed by atoms with Gasteiger partial charge in [-0.3, -0.25) is 4.31 Å². The Bertz CT molecular complexity index is 521. The first-order valence-corrected chi connectivity index (χ1v) is 6.84. The molecule has 0 aliphatic carbocycles. The van der Waals surface area contributed by atoms with Gasteiger partial charge in [-0.1, -0.05) is 0 Å². The van der Waals surface area contributed by atoms with Crippen LogP contribution in [-0.2, 0) is 14.8 Å². The number of rotatable bonds is 2. The fourth-order valence-corrected chi connectivity index (χ4v) is 3.38. The van der Waals surface area contributed by atoms with Crippen LogP contribution >= 0.6 is 0 Å². The van der Waals surface area contributed by atoms with Gasteiger partial charge < -0.3 is 4.74 Å². The van der Waals surface area contributed by atoms with Crippen LogP contribution in [0.5, 0.6) is 0 Å². The molecular formula is C11H13NO4S. The molecule has 0 amide bonds. The predicted octanol–water partition coefficient (Wildman–Crippen LogP) is 1.01. The van der Waals surface area contributed by atoms with Gasteiger partial charge in [0.05, 0.1) is 24.1 Å².